The van der Waals surface area contributed by atoms with E-state index in [-0.39, 0.29) is 13.2 Å². The van der Waals surface area contributed by atoms with Gasteiger partial charge in [-0.1, -0.05) is 73.5 Å². The van der Waals surface area contributed by atoms with E-state index in [0.29, 0.717) is 13.0 Å². The van der Waals surface area contributed by atoms with Crippen molar-refractivity contribution in [3.8, 4) is 0 Å². The summed E-state index contributed by atoms with van der Waals surface area (Å²) in [5, 5.41) is 9.68. The number of benzene rings is 2. The van der Waals surface area contributed by atoms with E-state index in [2.05, 4.69) is 34.7 Å². The predicted molar refractivity (Wildman–Crippen MR) is 128 cm³/mol. The fourth-order valence-electron chi connectivity index (χ4n) is 3.54. The van der Waals surface area contributed by atoms with Gasteiger partial charge < -0.3 is 14.4 Å². The number of unbranched alkanes of at least 4 members (excludes halogenated alkanes) is 1. The molecule has 5 nitrogen and oxygen atoms in total. The summed E-state index contributed by atoms with van der Waals surface area (Å²) in [6.07, 6.45) is 7.65. The van der Waals surface area contributed by atoms with Crippen LogP contribution in [0.1, 0.15) is 42.4 Å². The van der Waals surface area contributed by atoms with E-state index < -0.39 is 5.97 Å². The highest BCUT2D eigenvalue weighted by Crippen LogP contribution is 2.21. The van der Waals surface area contributed by atoms with Gasteiger partial charge in [-0.3, -0.25) is 0 Å². The molecule has 3 aromatic rings. The van der Waals surface area contributed by atoms with Crippen molar-refractivity contribution in [3.63, 3.8) is 0 Å². The molecular formula is C26H29ClN2O3. The molecule has 0 fully saturated rings. The first-order valence-corrected chi connectivity index (χ1v) is 11.2. The van der Waals surface area contributed by atoms with Gasteiger partial charge >= 0.3 is 5.97 Å². The molecule has 1 N–H and O–H groups in total. The van der Waals surface area contributed by atoms with Crippen molar-refractivity contribution >= 4 is 23.6 Å². The number of aryl methyl sites for hydroxylation is 1. The van der Waals surface area contributed by atoms with Crippen LogP contribution in [0.5, 0.6) is 0 Å². The number of aromatic nitrogens is 2. The molecule has 0 spiro atoms. The molecule has 0 amide bonds. The molecule has 1 heterocycles. The summed E-state index contributed by atoms with van der Waals surface area (Å²) in [6.45, 7) is 2.70. The lowest BCUT2D eigenvalue weighted by Gasteiger charge is -2.14. The third kappa shape index (κ3) is 7.08. The fraction of sp³-hybridized carbons (Fsp3) is 0.308. The summed E-state index contributed by atoms with van der Waals surface area (Å²) in [7, 11) is 0. The summed E-state index contributed by atoms with van der Waals surface area (Å²) < 4.78 is 7.63. The molecule has 0 aliphatic heterocycles. The Kier molecular flexibility index (Phi) is 9.08. The summed E-state index contributed by atoms with van der Waals surface area (Å²) in [5.41, 5.74) is 4.12. The number of carboxylic acid groups (broad SMARTS) is 1. The monoisotopic (exact) mass is 452 g/mol. The first kappa shape index (κ1) is 23.8. The predicted octanol–water partition coefficient (Wildman–Crippen LogP) is 5.65. The Hall–Kier alpha value is -2.89. The average Bonchev–Trinajstić information content (AvgIpc) is 3.15. The van der Waals surface area contributed by atoms with Crippen LogP contribution in [-0.2, 0) is 28.9 Å². The smallest absolute Gasteiger partial charge is 0.329 e. The molecular weight excluding hydrogens is 424 g/mol. The number of imidazole rings is 1. The van der Waals surface area contributed by atoms with Crippen molar-refractivity contribution in [1.29, 1.82) is 0 Å². The van der Waals surface area contributed by atoms with E-state index in [9.17, 15) is 4.79 Å². The zero-order chi connectivity index (χ0) is 22.8. The molecule has 3 rings (SSSR count). The molecule has 0 aliphatic rings. The quantitative estimate of drug-likeness (QED) is 0.385. The summed E-state index contributed by atoms with van der Waals surface area (Å²) in [6, 6.07) is 17.9. The highest BCUT2D eigenvalue weighted by Gasteiger charge is 2.12. The van der Waals surface area contributed by atoms with E-state index in [1.165, 1.54) is 0 Å². The third-order valence-electron chi connectivity index (χ3n) is 5.15. The normalized spacial score (nSPS) is 11.6. The fourth-order valence-corrected chi connectivity index (χ4v) is 3.73. The zero-order valence-corrected chi connectivity index (χ0v) is 19.1. The summed E-state index contributed by atoms with van der Waals surface area (Å²) in [5.74, 6) is 0.0400. The number of carboxylic acids is 1. The number of nitrogens with zero attached hydrogens (tertiary/aromatic N) is 2. The van der Waals surface area contributed by atoms with Crippen LogP contribution >= 0.6 is 11.6 Å². The molecule has 6 heteroatoms. The first-order chi connectivity index (χ1) is 15.6. The van der Waals surface area contributed by atoms with Gasteiger partial charge in [0.2, 0.25) is 0 Å². The maximum atomic E-state index is 10.9. The standard InChI is InChI=1S/C26H29ClN2O3/c1-2-3-13-25-28-16-23(29(25)17-22-11-7-8-12-24(22)27)15-21(18-32-19-26(30)31)14-20-9-5-4-6-10-20/h4-12,15-16H,2-3,13-14,17-19H2,1H3,(H,30,31)/b21-15+. The SMILES string of the molecule is CCCCc1ncc(/C=C(/COCC(=O)O)Cc2ccccc2)n1Cc1ccccc1Cl. The van der Waals surface area contributed by atoms with E-state index >= 15 is 0 Å². The van der Waals surface area contributed by atoms with Gasteiger partial charge in [-0.2, -0.15) is 0 Å². The molecule has 0 radical (unpaired) electrons. The number of rotatable bonds is 12. The van der Waals surface area contributed by atoms with Crippen LogP contribution in [0.25, 0.3) is 6.08 Å². The number of ether oxygens (including phenoxy) is 1. The number of hydrogen-bond donors (Lipinski definition) is 1. The van der Waals surface area contributed by atoms with Crippen LogP contribution in [0.3, 0.4) is 0 Å². The lowest BCUT2D eigenvalue weighted by molar-refractivity contribution is -0.141. The van der Waals surface area contributed by atoms with Crippen molar-refractivity contribution in [2.75, 3.05) is 13.2 Å². The van der Waals surface area contributed by atoms with Crippen molar-refractivity contribution in [2.24, 2.45) is 0 Å². The molecule has 32 heavy (non-hydrogen) atoms. The molecule has 0 unspecified atom stereocenters. The Morgan fingerprint density at radius 1 is 1.12 bits per heavy atom. The van der Waals surface area contributed by atoms with Gasteiger partial charge in [-0.05, 0) is 41.7 Å². The molecule has 2 aromatic carbocycles. The molecule has 1 aromatic heterocycles. The maximum Gasteiger partial charge on any atom is 0.329 e. The molecule has 0 atom stereocenters. The van der Waals surface area contributed by atoms with Crippen LogP contribution in [0, 0.1) is 0 Å². The average molecular weight is 453 g/mol. The molecule has 0 bridgehead atoms. The van der Waals surface area contributed by atoms with Crippen LogP contribution < -0.4 is 0 Å². The highest BCUT2D eigenvalue weighted by atomic mass is 35.5. The third-order valence-corrected chi connectivity index (χ3v) is 5.52. The van der Waals surface area contributed by atoms with Crippen molar-refractivity contribution in [1.82, 2.24) is 9.55 Å². The van der Waals surface area contributed by atoms with Crippen molar-refractivity contribution in [2.45, 2.75) is 39.2 Å². The van der Waals surface area contributed by atoms with Gasteiger partial charge in [0.25, 0.3) is 0 Å². The number of halogens is 1. The minimum atomic E-state index is -0.977. The lowest BCUT2D eigenvalue weighted by Crippen LogP contribution is -2.11. The number of carbonyl (C=O) groups is 1. The van der Waals surface area contributed by atoms with Crippen molar-refractivity contribution < 1.29 is 14.6 Å². The minimum Gasteiger partial charge on any atom is -0.480 e. The van der Waals surface area contributed by atoms with Crippen LogP contribution in [-0.4, -0.2) is 33.8 Å². The largest absolute Gasteiger partial charge is 0.480 e. The van der Waals surface area contributed by atoms with Gasteiger partial charge in [0.05, 0.1) is 25.0 Å². The Bertz CT molecular complexity index is 1040. The Morgan fingerprint density at radius 3 is 2.59 bits per heavy atom. The van der Waals surface area contributed by atoms with Crippen molar-refractivity contribution in [3.05, 3.63) is 94.0 Å². The maximum absolute atomic E-state index is 10.9. The van der Waals surface area contributed by atoms with Crippen LogP contribution in [0.15, 0.2) is 66.4 Å². The van der Waals surface area contributed by atoms with Gasteiger partial charge in [0, 0.05) is 11.4 Å². The van der Waals surface area contributed by atoms with E-state index in [1.807, 2.05) is 48.7 Å². The zero-order valence-electron chi connectivity index (χ0n) is 18.3. The van der Waals surface area contributed by atoms with Gasteiger partial charge in [0.1, 0.15) is 12.4 Å². The Labute approximate surface area is 194 Å². The Morgan fingerprint density at radius 2 is 1.88 bits per heavy atom. The number of hydrogen-bond acceptors (Lipinski definition) is 3. The van der Waals surface area contributed by atoms with Gasteiger partial charge in [0.15, 0.2) is 0 Å². The molecule has 0 aliphatic carbocycles. The summed E-state index contributed by atoms with van der Waals surface area (Å²) in [4.78, 5) is 15.6. The molecule has 0 saturated carbocycles. The van der Waals surface area contributed by atoms with Gasteiger partial charge in [-0.25, -0.2) is 9.78 Å². The van der Waals surface area contributed by atoms with Crippen LogP contribution in [0.4, 0.5) is 0 Å². The lowest BCUT2D eigenvalue weighted by atomic mass is 10.0. The molecule has 168 valence electrons. The Balaban J connectivity index is 1.93. The topological polar surface area (TPSA) is 64.3 Å². The highest BCUT2D eigenvalue weighted by molar-refractivity contribution is 6.31. The minimum absolute atomic E-state index is 0.239. The van der Waals surface area contributed by atoms with Gasteiger partial charge in [-0.15, -0.1) is 0 Å². The second kappa shape index (κ2) is 12.2. The van der Waals surface area contributed by atoms with E-state index in [0.717, 1.165) is 52.5 Å². The first-order valence-electron chi connectivity index (χ1n) is 10.9. The van der Waals surface area contributed by atoms with E-state index in [1.54, 1.807) is 0 Å². The second-order valence-corrected chi connectivity index (χ2v) is 8.14. The van der Waals surface area contributed by atoms with Crippen LogP contribution in [0.2, 0.25) is 5.02 Å². The van der Waals surface area contributed by atoms with E-state index in [4.69, 9.17) is 21.4 Å². The molecule has 0 saturated heterocycles. The summed E-state index contributed by atoms with van der Waals surface area (Å²) >= 11 is 6.44. The number of aliphatic carboxylic acids is 1. The second-order valence-electron chi connectivity index (χ2n) is 7.73.